The molecule has 4 nitrogen and oxygen atoms in total. The fourth-order valence-corrected chi connectivity index (χ4v) is 3.81. The van der Waals surface area contributed by atoms with Gasteiger partial charge < -0.3 is 9.47 Å². The lowest BCUT2D eigenvalue weighted by atomic mass is 9.92. The molecule has 3 aromatic rings. The van der Waals surface area contributed by atoms with Crippen LogP contribution in [0.15, 0.2) is 42.9 Å². The molecule has 1 saturated heterocycles. The summed E-state index contributed by atoms with van der Waals surface area (Å²) in [6.45, 7) is 1.77. The van der Waals surface area contributed by atoms with Crippen molar-refractivity contribution < 1.29 is 13.2 Å². The normalized spacial score (nSPS) is 16.2. The third-order valence-corrected chi connectivity index (χ3v) is 5.39. The number of piperidine rings is 1. The van der Waals surface area contributed by atoms with E-state index in [2.05, 4.69) is 19.4 Å². The molecule has 3 heterocycles. The largest absolute Gasteiger partial charge is 0.416 e. The van der Waals surface area contributed by atoms with Crippen LogP contribution in [0.1, 0.15) is 24.2 Å². The molecule has 0 amide bonds. The number of rotatable bonds is 3. The molecule has 27 heavy (non-hydrogen) atoms. The van der Waals surface area contributed by atoms with Crippen molar-refractivity contribution in [3.8, 4) is 0 Å². The number of hydrogen-bond donors (Lipinski definition) is 0. The highest BCUT2D eigenvalue weighted by atomic mass is 19.4. The van der Waals surface area contributed by atoms with E-state index in [4.69, 9.17) is 0 Å². The first-order valence-electron chi connectivity index (χ1n) is 9.09. The number of hydrogen-bond acceptors (Lipinski definition) is 3. The topological polar surface area (TPSA) is 34.0 Å². The van der Waals surface area contributed by atoms with E-state index in [1.54, 1.807) is 12.3 Å². The van der Waals surface area contributed by atoms with Gasteiger partial charge in [0.25, 0.3) is 0 Å². The van der Waals surface area contributed by atoms with Crippen LogP contribution in [0.3, 0.4) is 0 Å². The Morgan fingerprint density at radius 1 is 1.07 bits per heavy atom. The minimum atomic E-state index is -4.35. The van der Waals surface area contributed by atoms with Crippen LogP contribution in [0, 0.1) is 5.92 Å². The first-order chi connectivity index (χ1) is 12.9. The predicted octanol–water partition coefficient (Wildman–Crippen LogP) is 4.45. The van der Waals surface area contributed by atoms with E-state index in [1.165, 1.54) is 0 Å². The number of nitrogens with zero attached hydrogens (tertiary/aromatic N) is 4. The van der Waals surface area contributed by atoms with Crippen molar-refractivity contribution >= 4 is 16.6 Å². The number of fused-ring (bicyclic) bond motifs is 1. The maximum Gasteiger partial charge on any atom is 0.416 e. The minimum absolute atomic E-state index is 0.387. The van der Waals surface area contributed by atoms with Crippen LogP contribution in [0.25, 0.3) is 10.9 Å². The molecule has 0 saturated carbocycles. The summed E-state index contributed by atoms with van der Waals surface area (Å²) >= 11 is 0. The molecule has 142 valence electrons. The van der Waals surface area contributed by atoms with Crippen LogP contribution in [-0.4, -0.2) is 27.6 Å². The van der Waals surface area contributed by atoms with E-state index >= 15 is 0 Å². The molecule has 0 radical (unpaired) electrons. The van der Waals surface area contributed by atoms with Crippen molar-refractivity contribution in [1.82, 2.24) is 14.5 Å². The molecule has 7 heteroatoms. The summed E-state index contributed by atoms with van der Waals surface area (Å²) in [6, 6.07) is 5.71. The Bertz CT molecular complexity index is 940. The minimum Gasteiger partial charge on any atom is -0.371 e. The van der Waals surface area contributed by atoms with Gasteiger partial charge in [-0.3, -0.25) is 4.98 Å². The molecule has 0 unspecified atom stereocenters. The van der Waals surface area contributed by atoms with Gasteiger partial charge in [-0.2, -0.15) is 13.2 Å². The Morgan fingerprint density at radius 2 is 1.85 bits per heavy atom. The van der Waals surface area contributed by atoms with Crippen molar-refractivity contribution in [3.05, 3.63) is 54.2 Å². The average molecular weight is 374 g/mol. The maximum atomic E-state index is 13.0. The molecule has 0 aliphatic carbocycles. The molecule has 0 bridgehead atoms. The molecular weight excluding hydrogens is 353 g/mol. The molecule has 0 N–H and O–H groups in total. The van der Waals surface area contributed by atoms with E-state index in [-0.39, 0.29) is 0 Å². The third kappa shape index (κ3) is 3.63. The van der Waals surface area contributed by atoms with Crippen molar-refractivity contribution in [2.24, 2.45) is 13.0 Å². The van der Waals surface area contributed by atoms with Gasteiger partial charge in [0.15, 0.2) is 0 Å². The third-order valence-electron chi connectivity index (χ3n) is 5.39. The van der Waals surface area contributed by atoms with Gasteiger partial charge in [-0.25, -0.2) is 4.98 Å². The van der Waals surface area contributed by atoms with E-state index in [1.807, 2.05) is 25.5 Å². The first kappa shape index (κ1) is 17.8. The zero-order valence-corrected chi connectivity index (χ0v) is 15.1. The molecule has 1 aliphatic heterocycles. The smallest absolute Gasteiger partial charge is 0.371 e. The molecule has 0 atom stereocenters. The summed E-state index contributed by atoms with van der Waals surface area (Å²) in [5, 5.41) is 0.771. The van der Waals surface area contributed by atoms with Crippen LogP contribution in [0.2, 0.25) is 0 Å². The number of imidazole rings is 1. The molecular formula is C20H21F3N4. The number of aryl methyl sites for hydroxylation is 1. The summed E-state index contributed by atoms with van der Waals surface area (Å²) in [4.78, 5) is 10.8. The standard InChI is InChI=1S/C20H21F3N4/c1-26-11-8-25-19(26)12-14-5-9-27(10-6-14)18-4-7-24-17-13-15(20(21,22)23)2-3-16(17)18/h2-4,7-8,11,13-14H,5-6,9-10,12H2,1H3. The molecule has 4 rings (SSSR count). The lowest BCUT2D eigenvalue weighted by Crippen LogP contribution is -2.34. The second-order valence-electron chi connectivity index (χ2n) is 7.15. The van der Waals surface area contributed by atoms with Crippen molar-refractivity contribution in [1.29, 1.82) is 0 Å². The van der Waals surface area contributed by atoms with Gasteiger partial charge in [-0.15, -0.1) is 0 Å². The van der Waals surface area contributed by atoms with E-state index in [0.29, 0.717) is 11.4 Å². The highest BCUT2D eigenvalue weighted by Crippen LogP contribution is 2.34. The summed E-state index contributed by atoms with van der Waals surface area (Å²) in [5.74, 6) is 1.68. The van der Waals surface area contributed by atoms with Gasteiger partial charge in [-0.05, 0) is 37.0 Å². The number of benzene rings is 1. The number of alkyl halides is 3. The Morgan fingerprint density at radius 3 is 2.52 bits per heavy atom. The molecule has 1 fully saturated rings. The SMILES string of the molecule is Cn1ccnc1CC1CCN(c2ccnc3cc(C(F)(F)F)ccc23)CC1. The molecule has 1 aromatic carbocycles. The Labute approximate surface area is 155 Å². The molecule has 0 spiro atoms. The van der Waals surface area contributed by atoms with Crippen LogP contribution < -0.4 is 4.90 Å². The lowest BCUT2D eigenvalue weighted by Gasteiger charge is -2.34. The Balaban J connectivity index is 1.51. The summed E-state index contributed by atoms with van der Waals surface area (Å²) in [7, 11) is 2.01. The monoisotopic (exact) mass is 374 g/mol. The van der Waals surface area contributed by atoms with Gasteiger partial charge in [0, 0.05) is 56.2 Å². The van der Waals surface area contributed by atoms with Gasteiger partial charge in [0.2, 0.25) is 0 Å². The summed E-state index contributed by atoms with van der Waals surface area (Å²) < 4.78 is 40.9. The van der Waals surface area contributed by atoms with Gasteiger partial charge in [-0.1, -0.05) is 6.07 Å². The van der Waals surface area contributed by atoms with Crippen molar-refractivity contribution in [2.75, 3.05) is 18.0 Å². The summed E-state index contributed by atoms with van der Waals surface area (Å²) in [5.41, 5.74) is 0.690. The number of halogens is 3. The van der Waals surface area contributed by atoms with Crippen LogP contribution in [-0.2, 0) is 19.6 Å². The second kappa shape index (κ2) is 6.87. The van der Waals surface area contributed by atoms with Gasteiger partial charge in [0.05, 0.1) is 11.1 Å². The fraction of sp³-hybridized carbons (Fsp3) is 0.400. The highest BCUT2D eigenvalue weighted by Gasteiger charge is 2.31. The second-order valence-corrected chi connectivity index (χ2v) is 7.15. The average Bonchev–Trinajstić information content (AvgIpc) is 3.05. The predicted molar refractivity (Wildman–Crippen MR) is 98.6 cm³/mol. The number of anilines is 1. The zero-order chi connectivity index (χ0) is 19.0. The lowest BCUT2D eigenvalue weighted by molar-refractivity contribution is -0.137. The first-order valence-corrected chi connectivity index (χ1v) is 9.09. The maximum absolute atomic E-state index is 13.0. The zero-order valence-electron chi connectivity index (χ0n) is 15.1. The van der Waals surface area contributed by atoms with Crippen LogP contribution in [0.5, 0.6) is 0 Å². The van der Waals surface area contributed by atoms with Crippen LogP contribution >= 0.6 is 0 Å². The highest BCUT2D eigenvalue weighted by molar-refractivity contribution is 5.92. The Kier molecular flexibility index (Phi) is 4.53. The van der Waals surface area contributed by atoms with E-state index in [0.717, 1.165) is 61.4 Å². The van der Waals surface area contributed by atoms with E-state index < -0.39 is 11.7 Å². The van der Waals surface area contributed by atoms with Crippen LogP contribution in [0.4, 0.5) is 18.9 Å². The number of pyridine rings is 1. The fourth-order valence-electron chi connectivity index (χ4n) is 3.81. The summed E-state index contributed by atoms with van der Waals surface area (Å²) in [6.07, 6.45) is 4.07. The van der Waals surface area contributed by atoms with Gasteiger partial charge in [0.1, 0.15) is 5.82 Å². The van der Waals surface area contributed by atoms with E-state index in [9.17, 15) is 13.2 Å². The quantitative estimate of drug-likeness (QED) is 0.679. The Hall–Kier alpha value is -2.57. The van der Waals surface area contributed by atoms with Gasteiger partial charge >= 0.3 is 6.18 Å². The molecule has 1 aliphatic rings. The van der Waals surface area contributed by atoms with Crippen molar-refractivity contribution in [3.63, 3.8) is 0 Å². The number of aromatic nitrogens is 3. The van der Waals surface area contributed by atoms with Crippen molar-refractivity contribution in [2.45, 2.75) is 25.4 Å². The molecule has 2 aromatic heterocycles.